The highest BCUT2D eigenvalue weighted by Crippen LogP contribution is 2.25. The molecule has 0 spiro atoms. The van der Waals surface area contributed by atoms with Crippen LogP contribution in [0.5, 0.6) is 5.75 Å². The van der Waals surface area contributed by atoms with Gasteiger partial charge in [-0.05, 0) is 56.7 Å². The first-order chi connectivity index (χ1) is 11.1. The van der Waals surface area contributed by atoms with Gasteiger partial charge in [0.1, 0.15) is 5.75 Å². The molecule has 0 unspecified atom stereocenters. The van der Waals surface area contributed by atoms with Crippen LogP contribution < -0.4 is 15.4 Å². The second-order valence-corrected chi connectivity index (χ2v) is 5.77. The van der Waals surface area contributed by atoms with Crippen molar-refractivity contribution in [3.63, 3.8) is 0 Å². The molecule has 0 atom stereocenters. The molecule has 23 heavy (non-hydrogen) atoms. The van der Waals surface area contributed by atoms with E-state index in [0.29, 0.717) is 18.0 Å². The van der Waals surface area contributed by atoms with E-state index in [0.717, 1.165) is 24.8 Å². The molecule has 2 rings (SSSR count). The van der Waals surface area contributed by atoms with Gasteiger partial charge < -0.3 is 15.4 Å². The smallest absolute Gasteiger partial charge is 0.313 e. The summed E-state index contributed by atoms with van der Waals surface area (Å²) in [5.74, 6) is -0.757. The van der Waals surface area contributed by atoms with E-state index in [-0.39, 0.29) is 0 Å². The van der Waals surface area contributed by atoms with Gasteiger partial charge in [0, 0.05) is 6.54 Å². The van der Waals surface area contributed by atoms with Crippen LogP contribution in [0.4, 0.5) is 5.69 Å². The van der Waals surface area contributed by atoms with Gasteiger partial charge in [-0.2, -0.15) is 0 Å². The summed E-state index contributed by atoms with van der Waals surface area (Å²) >= 11 is 0. The molecule has 0 saturated heterocycles. The van der Waals surface area contributed by atoms with E-state index in [1.807, 2.05) is 19.1 Å². The van der Waals surface area contributed by atoms with Gasteiger partial charge in [0.25, 0.3) is 0 Å². The van der Waals surface area contributed by atoms with Crippen molar-refractivity contribution >= 4 is 17.5 Å². The maximum Gasteiger partial charge on any atom is 0.313 e. The molecule has 2 N–H and O–H groups in total. The van der Waals surface area contributed by atoms with Gasteiger partial charge >= 0.3 is 11.8 Å². The number of anilines is 1. The van der Waals surface area contributed by atoms with Crippen LogP contribution >= 0.6 is 0 Å². The second kappa shape index (κ2) is 8.36. The van der Waals surface area contributed by atoms with Crippen LogP contribution in [0.1, 0.15) is 37.7 Å². The summed E-state index contributed by atoms with van der Waals surface area (Å²) in [6.07, 6.45) is 7.74. The number of amides is 2. The Morgan fingerprint density at radius 3 is 2.74 bits per heavy atom. The molecule has 0 aromatic heterocycles. The first kappa shape index (κ1) is 17.1. The monoisotopic (exact) mass is 316 g/mol. The molecule has 0 radical (unpaired) electrons. The average Bonchev–Trinajstić information content (AvgIpc) is 2.57. The Bertz CT molecular complexity index is 608. The van der Waals surface area contributed by atoms with E-state index < -0.39 is 11.8 Å². The first-order valence-electron chi connectivity index (χ1n) is 8.02. The van der Waals surface area contributed by atoms with Crippen LogP contribution in [0, 0.1) is 6.92 Å². The summed E-state index contributed by atoms with van der Waals surface area (Å²) in [6, 6.07) is 5.39. The number of carbonyl (C=O) groups excluding carboxylic acids is 2. The summed E-state index contributed by atoms with van der Waals surface area (Å²) in [4.78, 5) is 23.8. The number of hydrogen-bond acceptors (Lipinski definition) is 3. The molecule has 2 amide bonds. The number of benzene rings is 1. The normalized spacial score (nSPS) is 13.9. The van der Waals surface area contributed by atoms with Crippen LogP contribution in [0.3, 0.4) is 0 Å². The van der Waals surface area contributed by atoms with Crippen LogP contribution in [0.2, 0.25) is 0 Å². The summed E-state index contributed by atoms with van der Waals surface area (Å²) in [7, 11) is 1.53. The van der Waals surface area contributed by atoms with Gasteiger partial charge in [-0.3, -0.25) is 9.59 Å². The first-order valence-corrected chi connectivity index (χ1v) is 8.02. The van der Waals surface area contributed by atoms with Gasteiger partial charge in [-0.15, -0.1) is 0 Å². The molecule has 1 aliphatic rings. The minimum atomic E-state index is -0.676. The molecule has 0 heterocycles. The number of carbonyl (C=O) groups is 2. The molecule has 1 aromatic carbocycles. The Morgan fingerprint density at radius 1 is 1.22 bits per heavy atom. The standard InChI is InChI=1S/C18H24N2O3/c1-13-8-9-15(16(12-13)23-2)20-18(22)17(21)19-11-10-14-6-4-3-5-7-14/h6,8-9,12H,3-5,7,10-11H2,1-2H3,(H,19,21)(H,20,22). The number of hydrogen-bond donors (Lipinski definition) is 2. The third-order valence-electron chi connectivity index (χ3n) is 3.93. The van der Waals surface area contributed by atoms with Crippen molar-refractivity contribution in [1.29, 1.82) is 0 Å². The fourth-order valence-electron chi connectivity index (χ4n) is 2.63. The lowest BCUT2D eigenvalue weighted by Crippen LogP contribution is -2.36. The van der Waals surface area contributed by atoms with Crippen LogP contribution in [0.15, 0.2) is 29.8 Å². The molecule has 0 fully saturated rings. The molecule has 5 heteroatoms. The maximum absolute atomic E-state index is 12.0. The highest BCUT2D eigenvalue weighted by molar-refractivity contribution is 6.39. The van der Waals surface area contributed by atoms with Crippen molar-refractivity contribution in [2.75, 3.05) is 19.0 Å². The maximum atomic E-state index is 12.0. The minimum absolute atomic E-state index is 0.489. The lowest BCUT2D eigenvalue weighted by Gasteiger charge is -2.13. The molecule has 0 aliphatic heterocycles. The van der Waals surface area contributed by atoms with Gasteiger partial charge in [0.2, 0.25) is 0 Å². The zero-order chi connectivity index (χ0) is 16.7. The Hall–Kier alpha value is -2.30. The quantitative estimate of drug-likeness (QED) is 0.648. The summed E-state index contributed by atoms with van der Waals surface area (Å²) < 4.78 is 5.21. The third kappa shape index (κ3) is 5.13. The fourth-order valence-corrected chi connectivity index (χ4v) is 2.63. The average molecular weight is 316 g/mol. The lowest BCUT2D eigenvalue weighted by molar-refractivity contribution is -0.136. The molecule has 5 nitrogen and oxygen atoms in total. The Balaban J connectivity index is 1.83. The van der Waals surface area contributed by atoms with Crippen LogP contribution in [-0.2, 0) is 9.59 Å². The number of nitrogens with one attached hydrogen (secondary N) is 2. The summed E-state index contributed by atoms with van der Waals surface area (Å²) in [6.45, 7) is 2.42. The topological polar surface area (TPSA) is 67.4 Å². The van der Waals surface area contributed by atoms with Crippen molar-refractivity contribution in [1.82, 2.24) is 5.32 Å². The van der Waals surface area contributed by atoms with E-state index >= 15 is 0 Å². The third-order valence-corrected chi connectivity index (χ3v) is 3.93. The fraction of sp³-hybridized carbons (Fsp3) is 0.444. The number of allylic oxidation sites excluding steroid dienone is 1. The van der Waals surface area contributed by atoms with Crippen LogP contribution in [0.25, 0.3) is 0 Å². The summed E-state index contributed by atoms with van der Waals surface area (Å²) in [5, 5.41) is 5.25. The van der Waals surface area contributed by atoms with E-state index in [1.54, 1.807) is 6.07 Å². The number of aryl methyl sites for hydroxylation is 1. The largest absolute Gasteiger partial charge is 0.495 e. The zero-order valence-electron chi connectivity index (χ0n) is 13.8. The van der Waals surface area contributed by atoms with Gasteiger partial charge in [-0.25, -0.2) is 0 Å². The molecule has 1 aliphatic carbocycles. The van der Waals surface area contributed by atoms with Gasteiger partial charge in [0.15, 0.2) is 0 Å². The van der Waals surface area contributed by atoms with Crippen molar-refractivity contribution < 1.29 is 14.3 Å². The van der Waals surface area contributed by atoms with Crippen molar-refractivity contribution in [3.8, 4) is 5.75 Å². The lowest BCUT2D eigenvalue weighted by atomic mass is 9.97. The van der Waals surface area contributed by atoms with Crippen molar-refractivity contribution in [3.05, 3.63) is 35.4 Å². The number of ether oxygens (including phenoxy) is 1. The predicted octanol–water partition coefficient (Wildman–Crippen LogP) is 2.95. The molecular formula is C18H24N2O3. The number of rotatable bonds is 5. The molecule has 124 valence electrons. The predicted molar refractivity (Wildman–Crippen MR) is 90.5 cm³/mol. The van der Waals surface area contributed by atoms with Gasteiger partial charge in [-0.1, -0.05) is 17.7 Å². The zero-order valence-corrected chi connectivity index (χ0v) is 13.8. The summed E-state index contributed by atoms with van der Waals surface area (Å²) in [5.41, 5.74) is 2.88. The van der Waals surface area contributed by atoms with Crippen molar-refractivity contribution in [2.24, 2.45) is 0 Å². The van der Waals surface area contributed by atoms with Gasteiger partial charge in [0.05, 0.1) is 12.8 Å². The van der Waals surface area contributed by atoms with E-state index in [2.05, 4.69) is 16.7 Å². The van der Waals surface area contributed by atoms with E-state index in [4.69, 9.17) is 4.74 Å². The Kier molecular flexibility index (Phi) is 6.20. The Morgan fingerprint density at radius 2 is 2.04 bits per heavy atom. The minimum Gasteiger partial charge on any atom is -0.495 e. The molecule has 0 saturated carbocycles. The molecule has 0 bridgehead atoms. The molecular weight excluding hydrogens is 292 g/mol. The van der Waals surface area contributed by atoms with E-state index in [1.165, 1.54) is 25.5 Å². The van der Waals surface area contributed by atoms with Crippen molar-refractivity contribution in [2.45, 2.75) is 39.0 Å². The highest BCUT2D eigenvalue weighted by atomic mass is 16.5. The second-order valence-electron chi connectivity index (χ2n) is 5.77. The highest BCUT2D eigenvalue weighted by Gasteiger charge is 2.15. The van der Waals surface area contributed by atoms with E-state index in [9.17, 15) is 9.59 Å². The molecule has 1 aromatic rings. The number of methoxy groups -OCH3 is 1. The SMILES string of the molecule is COc1cc(C)ccc1NC(=O)C(=O)NCCC1=CCCCC1. The Labute approximate surface area is 137 Å². The van der Waals surface area contributed by atoms with Crippen LogP contribution in [-0.4, -0.2) is 25.5 Å².